The molecule has 1 unspecified atom stereocenters. The van der Waals surface area contributed by atoms with Crippen molar-refractivity contribution in [3.05, 3.63) is 47.2 Å². The van der Waals surface area contributed by atoms with Gasteiger partial charge in [0.15, 0.2) is 11.8 Å². The van der Waals surface area contributed by atoms with E-state index < -0.39 is 29.6 Å². The summed E-state index contributed by atoms with van der Waals surface area (Å²) in [4.78, 5) is 39.3. The second kappa shape index (κ2) is 8.91. The minimum Gasteiger partial charge on any atom is -0.503 e. The molecule has 0 saturated heterocycles. The molecule has 0 bridgehead atoms. The molecule has 1 saturated carbocycles. The second-order valence-corrected chi connectivity index (χ2v) is 6.98. The zero-order chi connectivity index (χ0) is 20.1. The summed E-state index contributed by atoms with van der Waals surface area (Å²) in [5.41, 5.74) is 0.432. The molecule has 0 radical (unpaired) electrons. The third-order valence-electron chi connectivity index (χ3n) is 5.15. The highest BCUT2D eigenvalue weighted by atomic mass is 16.5. The van der Waals surface area contributed by atoms with Gasteiger partial charge >= 0.3 is 11.9 Å². The summed E-state index contributed by atoms with van der Waals surface area (Å²) in [6, 6.07) is 7.57. The van der Waals surface area contributed by atoms with Crippen molar-refractivity contribution in [2.75, 3.05) is 6.61 Å². The Kier molecular flexibility index (Phi) is 6.34. The monoisotopic (exact) mass is 387 g/mol. The molecular weight excluding hydrogens is 362 g/mol. The zero-order valence-corrected chi connectivity index (χ0v) is 15.9. The third-order valence-corrected chi connectivity index (χ3v) is 5.15. The molecule has 150 valence electrons. The first kappa shape index (κ1) is 19.9. The maximum atomic E-state index is 12.7. The molecule has 3 rings (SSSR count). The summed E-state index contributed by atoms with van der Waals surface area (Å²) in [5, 5.41) is 10.4. The van der Waals surface area contributed by atoms with Crippen LogP contribution in [0.1, 0.15) is 44.6 Å². The lowest BCUT2D eigenvalue weighted by atomic mass is 9.93. The predicted octanol–water partition coefficient (Wildman–Crippen LogP) is 2.65. The molecule has 1 aromatic rings. The van der Waals surface area contributed by atoms with Crippen LogP contribution < -0.4 is 0 Å². The van der Waals surface area contributed by atoms with E-state index in [2.05, 4.69) is 0 Å². The van der Waals surface area contributed by atoms with Gasteiger partial charge in [0.2, 0.25) is 0 Å². The highest BCUT2D eigenvalue weighted by Crippen LogP contribution is 2.34. The lowest BCUT2D eigenvalue weighted by Gasteiger charge is -2.34. The van der Waals surface area contributed by atoms with Gasteiger partial charge in [-0.2, -0.15) is 0 Å². The Bertz CT molecular complexity index is 766. The fraction of sp³-hybridized carbons (Fsp3) is 0.476. The van der Waals surface area contributed by atoms with Crippen LogP contribution in [0.25, 0.3) is 0 Å². The Morgan fingerprint density at radius 2 is 1.79 bits per heavy atom. The van der Waals surface area contributed by atoms with Crippen LogP contribution >= 0.6 is 0 Å². The van der Waals surface area contributed by atoms with Gasteiger partial charge in [0.25, 0.3) is 5.91 Å². The first-order valence-corrected chi connectivity index (χ1v) is 9.68. The van der Waals surface area contributed by atoms with Gasteiger partial charge in [-0.05, 0) is 25.3 Å². The number of rotatable bonds is 6. The van der Waals surface area contributed by atoms with Gasteiger partial charge in [-0.3, -0.25) is 4.79 Å². The maximum Gasteiger partial charge on any atom is 0.341 e. The summed E-state index contributed by atoms with van der Waals surface area (Å²) in [6.45, 7) is 1.73. The van der Waals surface area contributed by atoms with E-state index in [0.29, 0.717) is 0 Å². The van der Waals surface area contributed by atoms with Crippen LogP contribution in [0.3, 0.4) is 0 Å². The first-order valence-electron chi connectivity index (χ1n) is 9.68. The number of aliphatic hydroxyl groups excluding tert-OH is 1. The minimum absolute atomic E-state index is 0.0242. The van der Waals surface area contributed by atoms with E-state index in [1.54, 1.807) is 19.1 Å². The Morgan fingerprint density at radius 1 is 1.11 bits per heavy atom. The van der Waals surface area contributed by atoms with Gasteiger partial charge in [0.05, 0.1) is 6.61 Å². The van der Waals surface area contributed by atoms with E-state index in [4.69, 9.17) is 9.47 Å². The fourth-order valence-electron chi connectivity index (χ4n) is 3.82. The zero-order valence-electron chi connectivity index (χ0n) is 15.9. The average Bonchev–Trinajstić information content (AvgIpc) is 2.99. The second-order valence-electron chi connectivity index (χ2n) is 6.98. The number of nitrogens with zero attached hydrogens (tertiary/aromatic N) is 1. The average molecular weight is 387 g/mol. The van der Waals surface area contributed by atoms with Crippen molar-refractivity contribution >= 4 is 17.8 Å². The van der Waals surface area contributed by atoms with E-state index in [0.717, 1.165) is 37.7 Å². The Balaban J connectivity index is 1.84. The van der Waals surface area contributed by atoms with Crippen molar-refractivity contribution in [2.45, 2.75) is 57.7 Å². The minimum atomic E-state index is -1.26. The van der Waals surface area contributed by atoms with Gasteiger partial charge in [0.1, 0.15) is 12.2 Å². The van der Waals surface area contributed by atoms with Gasteiger partial charge in [-0.1, -0.05) is 49.6 Å². The molecule has 1 amide bonds. The molecule has 28 heavy (non-hydrogen) atoms. The maximum absolute atomic E-state index is 12.7. The lowest BCUT2D eigenvalue weighted by Crippen LogP contribution is -2.49. The van der Waals surface area contributed by atoms with Gasteiger partial charge in [0, 0.05) is 6.04 Å². The number of aliphatic hydroxyl groups is 1. The van der Waals surface area contributed by atoms with Crippen LogP contribution in [0.15, 0.2) is 41.7 Å². The number of carbonyl (C=O) groups excluding carboxylic acids is 3. The van der Waals surface area contributed by atoms with Crippen LogP contribution in [0.2, 0.25) is 0 Å². The Morgan fingerprint density at radius 3 is 2.43 bits per heavy atom. The number of hydrogen-bond acceptors (Lipinski definition) is 6. The smallest absolute Gasteiger partial charge is 0.341 e. The lowest BCUT2D eigenvalue weighted by molar-refractivity contribution is -0.155. The van der Waals surface area contributed by atoms with Crippen molar-refractivity contribution in [3.8, 4) is 0 Å². The fourth-order valence-corrected chi connectivity index (χ4v) is 3.82. The summed E-state index contributed by atoms with van der Waals surface area (Å²) in [6.07, 6.45) is 4.37. The Labute approximate surface area is 163 Å². The summed E-state index contributed by atoms with van der Waals surface area (Å²) >= 11 is 0. The number of ether oxygens (including phenoxy) is 2. The van der Waals surface area contributed by atoms with Crippen LogP contribution in [0, 0.1) is 0 Å². The van der Waals surface area contributed by atoms with E-state index in [1.165, 1.54) is 4.90 Å². The molecule has 1 heterocycles. The number of esters is 2. The molecule has 1 aliphatic carbocycles. The molecular formula is C21H25NO6. The third kappa shape index (κ3) is 4.03. The predicted molar refractivity (Wildman–Crippen MR) is 100 cm³/mol. The van der Waals surface area contributed by atoms with Crippen LogP contribution in [-0.2, 0) is 30.5 Å². The highest BCUT2D eigenvalue weighted by molar-refractivity contribution is 6.11. The summed E-state index contributed by atoms with van der Waals surface area (Å²) in [7, 11) is 0. The number of amides is 1. The standard InChI is InChI=1S/C21H25NO6/c1-2-27-21(26)17-16(20(25)28-13-14-9-5-3-6-10-14)18(23)19(24)22(17)15-11-7-4-8-12-15/h3,5-6,9-10,15,17,23H,2,4,7-8,11-13H2,1H3. The van der Waals surface area contributed by atoms with Crippen molar-refractivity contribution in [1.29, 1.82) is 0 Å². The molecule has 1 atom stereocenters. The van der Waals surface area contributed by atoms with Crippen LogP contribution in [0.4, 0.5) is 0 Å². The van der Waals surface area contributed by atoms with E-state index in [9.17, 15) is 19.5 Å². The summed E-state index contributed by atoms with van der Waals surface area (Å²) in [5.74, 6) is -3.04. The molecule has 1 N–H and O–H groups in total. The summed E-state index contributed by atoms with van der Waals surface area (Å²) < 4.78 is 10.4. The van der Waals surface area contributed by atoms with Crippen molar-refractivity contribution in [3.63, 3.8) is 0 Å². The van der Waals surface area contributed by atoms with E-state index in [-0.39, 0.29) is 24.8 Å². The molecule has 0 spiro atoms. The van der Waals surface area contributed by atoms with Gasteiger partial charge in [-0.15, -0.1) is 0 Å². The van der Waals surface area contributed by atoms with Crippen LogP contribution in [-0.4, -0.2) is 46.5 Å². The Hall–Kier alpha value is -2.83. The first-order chi connectivity index (χ1) is 13.5. The van der Waals surface area contributed by atoms with E-state index >= 15 is 0 Å². The van der Waals surface area contributed by atoms with Gasteiger partial charge < -0.3 is 19.5 Å². The molecule has 0 aromatic heterocycles. The molecule has 1 aromatic carbocycles. The van der Waals surface area contributed by atoms with Crippen molar-refractivity contribution in [1.82, 2.24) is 4.90 Å². The molecule has 2 aliphatic rings. The number of hydrogen-bond donors (Lipinski definition) is 1. The van der Waals surface area contributed by atoms with Crippen molar-refractivity contribution in [2.24, 2.45) is 0 Å². The largest absolute Gasteiger partial charge is 0.503 e. The molecule has 7 nitrogen and oxygen atoms in total. The molecule has 7 heteroatoms. The van der Waals surface area contributed by atoms with E-state index in [1.807, 2.05) is 18.2 Å². The number of benzene rings is 1. The topological polar surface area (TPSA) is 93.1 Å². The highest BCUT2D eigenvalue weighted by Gasteiger charge is 2.50. The SMILES string of the molecule is CCOC(=O)C1C(C(=O)OCc2ccccc2)=C(O)C(=O)N1C1CCCCC1. The van der Waals surface area contributed by atoms with Gasteiger partial charge in [-0.25, -0.2) is 9.59 Å². The number of carbonyl (C=O) groups is 3. The van der Waals surface area contributed by atoms with Crippen LogP contribution in [0.5, 0.6) is 0 Å². The normalized spacial score (nSPS) is 20.4. The van der Waals surface area contributed by atoms with Crippen molar-refractivity contribution < 1.29 is 29.0 Å². The molecule has 1 aliphatic heterocycles. The quantitative estimate of drug-likeness (QED) is 0.755. The molecule has 1 fully saturated rings.